The Hall–Kier alpha value is -0.650. The molecule has 1 N–H and O–H groups in total. The molecule has 0 aliphatic heterocycles. The van der Waals surface area contributed by atoms with Gasteiger partial charge in [-0.3, -0.25) is 4.79 Å². The molecule has 0 saturated carbocycles. The van der Waals surface area contributed by atoms with Crippen molar-refractivity contribution in [2.75, 3.05) is 17.3 Å². The van der Waals surface area contributed by atoms with E-state index in [0.29, 0.717) is 0 Å². The van der Waals surface area contributed by atoms with Crippen molar-refractivity contribution in [3.8, 4) is 0 Å². The third-order valence-corrected chi connectivity index (χ3v) is 9.81. The fourth-order valence-corrected chi connectivity index (χ4v) is 6.73. The van der Waals surface area contributed by atoms with Crippen molar-refractivity contribution in [1.29, 1.82) is 0 Å². The molecular weight excluding hydrogens is 564 g/mol. The van der Waals surface area contributed by atoms with E-state index in [1.165, 1.54) is 116 Å². The van der Waals surface area contributed by atoms with Crippen molar-refractivity contribution >= 4 is 26.8 Å². The molecule has 12 heteroatoms. The zero-order valence-corrected chi connectivity index (χ0v) is 25.8. The van der Waals surface area contributed by atoms with Gasteiger partial charge >= 0.3 is 27.6 Å². The minimum atomic E-state index is -6.30. The molecule has 236 valence electrons. The van der Waals surface area contributed by atoms with E-state index in [1.807, 2.05) is 0 Å². The second-order valence-corrected chi connectivity index (χ2v) is 14.0. The topological polar surface area (TPSA) is 63.2 Å². The van der Waals surface area contributed by atoms with E-state index in [0.717, 1.165) is 10.9 Å². The number of rotatable bonds is 22. The largest absolute Gasteiger partial charge is 0.516 e. The van der Waals surface area contributed by atoms with Crippen LogP contribution in [0.2, 0.25) is 0 Å². The van der Waals surface area contributed by atoms with Gasteiger partial charge in [-0.05, 0) is 49.4 Å². The van der Waals surface area contributed by atoms with Crippen LogP contribution in [0.4, 0.5) is 26.3 Å². The van der Waals surface area contributed by atoms with Gasteiger partial charge in [0.1, 0.15) is 17.3 Å². The lowest BCUT2D eigenvalue weighted by atomic mass is 10.1. The molecule has 0 aliphatic carbocycles. The van der Waals surface area contributed by atoms with E-state index in [1.54, 1.807) is 17.3 Å². The number of alkyl halides is 6. The Morgan fingerprint density at radius 1 is 0.564 bits per heavy atom. The zero-order valence-electron chi connectivity index (χ0n) is 24.2. The van der Waals surface area contributed by atoms with E-state index in [-0.39, 0.29) is 4.72 Å². The molecule has 0 heterocycles. The van der Waals surface area contributed by atoms with Gasteiger partial charge < -0.3 is 0 Å². The van der Waals surface area contributed by atoms with Gasteiger partial charge in [0.05, 0.1) is 0 Å². The average Bonchev–Trinajstić information content (AvgIpc) is 2.83. The monoisotopic (exact) mass is 616 g/mol. The maximum Gasteiger partial charge on any atom is 0.516 e. The van der Waals surface area contributed by atoms with Gasteiger partial charge in [0.15, 0.2) is 0 Å². The summed E-state index contributed by atoms with van der Waals surface area (Å²) in [5, 5.41) is 0. The third kappa shape index (κ3) is 24.8. The summed E-state index contributed by atoms with van der Waals surface area (Å²) < 4.78 is 87.9. The van der Waals surface area contributed by atoms with Crippen molar-refractivity contribution < 1.29 is 39.6 Å². The molecule has 0 aliphatic rings. The fraction of sp³-hybridized carbons (Fsp3) is 0.963. The highest BCUT2D eigenvalue weighted by Crippen LogP contribution is 2.23. The van der Waals surface area contributed by atoms with Gasteiger partial charge in [0.25, 0.3) is 0 Å². The highest BCUT2D eigenvalue weighted by molar-refractivity contribution is 7.96. The summed E-state index contributed by atoms with van der Waals surface area (Å²) in [5.41, 5.74) is -5.96. The van der Waals surface area contributed by atoms with Gasteiger partial charge in [0, 0.05) is 0 Å². The van der Waals surface area contributed by atoms with Crippen molar-refractivity contribution in [3.63, 3.8) is 0 Å². The number of carbonyl (C=O) groups is 1. The normalized spacial score (nSPS) is 12.4. The Morgan fingerprint density at radius 2 is 0.846 bits per heavy atom. The van der Waals surface area contributed by atoms with E-state index in [9.17, 15) is 39.6 Å². The van der Waals surface area contributed by atoms with Crippen LogP contribution in [-0.4, -0.2) is 43.3 Å². The second kappa shape index (κ2) is 24.0. The molecule has 0 aromatic rings. The van der Waals surface area contributed by atoms with Crippen LogP contribution in [0.3, 0.4) is 0 Å². The molecule has 1 amide bonds. The van der Waals surface area contributed by atoms with Gasteiger partial charge in [-0.2, -0.15) is 34.8 Å². The number of amides is 1. The van der Waals surface area contributed by atoms with Gasteiger partial charge in [-0.15, -0.1) is 0 Å². The van der Waals surface area contributed by atoms with Gasteiger partial charge in [-0.1, -0.05) is 97.8 Å². The maximum absolute atomic E-state index is 11.4. The van der Waals surface area contributed by atoms with Crippen LogP contribution in [0.15, 0.2) is 0 Å². The van der Waals surface area contributed by atoms with Crippen molar-refractivity contribution in [2.45, 2.75) is 148 Å². The fourth-order valence-electron chi connectivity index (χ4n) is 3.80. The number of hydrogen-bond donors (Lipinski definition) is 1. The molecule has 0 saturated heterocycles. The Morgan fingerprint density at radius 3 is 1.10 bits per heavy atom. The summed E-state index contributed by atoms with van der Waals surface area (Å²) >= 11 is 0. The second-order valence-electron chi connectivity index (χ2n) is 9.91. The summed E-state index contributed by atoms with van der Waals surface area (Å²) in [6, 6.07) is 0. The first-order valence-electron chi connectivity index (χ1n) is 14.6. The molecule has 0 spiro atoms. The Balaban J connectivity index is 0. The Bertz CT molecular complexity index is 648. The molecular formula is C27H52F6NO3S2+. The van der Waals surface area contributed by atoms with E-state index < -0.39 is 27.6 Å². The van der Waals surface area contributed by atoms with Crippen molar-refractivity contribution in [2.24, 2.45) is 0 Å². The molecule has 0 aromatic carbocycles. The lowest BCUT2D eigenvalue weighted by molar-refractivity contribution is -0.171. The highest BCUT2D eigenvalue weighted by Gasteiger charge is 2.51. The predicted octanol–water partition coefficient (Wildman–Crippen LogP) is 9.20. The minimum Gasteiger partial charge on any atom is -0.263 e. The van der Waals surface area contributed by atoms with E-state index in [4.69, 9.17) is 0 Å². The molecule has 0 aromatic heterocycles. The molecule has 0 fully saturated rings. The number of halogens is 6. The molecule has 39 heavy (non-hydrogen) atoms. The predicted molar refractivity (Wildman–Crippen MR) is 151 cm³/mol. The SMILES string of the molecule is CCCCCCCC[S+](CCCCCCCC)CCCCCCCC.O=C(NS(=O)(=O)C(F)(F)F)C(F)(F)F. The van der Waals surface area contributed by atoms with E-state index >= 15 is 0 Å². The van der Waals surface area contributed by atoms with Crippen LogP contribution < -0.4 is 4.72 Å². The standard InChI is InChI=1S/C24H51S.C3HF6NO3S/c1-4-7-10-13-16-19-22-25(23-20-17-14-11-8-5-2)24-21-18-15-12-9-6-3;4-2(5,6)1(11)10-14(12,13)3(7,8)9/h4-24H2,1-3H3;(H,10,11)/q+1;. The molecule has 0 radical (unpaired) electrons. The number of sulfonamides is 1. The summed E-state index contributed by atoms with van der Waals surface area (Å²) in [4.78, 5) is 9.81. The third-order valence-electron chi connectivity index (χ3n) is 6.15. The summed E-state index contributed by atoms with van der Waals surface area (Å²) in [5.74, 6) is 1.46. The van der Waals surface area contributed by atoms with Crippen LogP contribution >= 0.6 is 0 Å². The highest BCUT2D eigenvalue weighted by atomic mass is 32.2. The van der Waals surface area contributed by atoms with Crippen molar-refractivity contribution in [1.82, 2.24) is 4.72 Å². The molecule has 0 unspecified atom stereocenters. The van der Waals surface area contributed by atoms with Gasteiger partial charge in [0.2, 0.25) is 0 Å². The summed E-state index contributed by atoms with van der Waals surface area (Å²) in [6.45, 7) is 6.95. The Labute approximate surface area is 236 Å². The van der Waals surface area contributed by atoms with Crippen LogP contribution in [0.25, 0.3) is 0 Å². The Kier molecular flexibility index (Phi) is 24.9. The zero-order chi connectivity index (χ0) is 30.2. The maximum atomic E-state index is 11.4. The lowest BCUT2D eigenvalue weighted by Crippen LogP contribution is -2.46. The molecule has 0 bridgehead atoms. The smallest absolute Gasteiger partial charge is 0.263 e. The average molecular weight is 617 g/mol. The molecule has 0 atom stereocenters. The quantitative estimate of drug-likeness (QED) is 0.0749. The lowest BCUT2D eigenvalue weighted by Gasteiger charge is -2.10. The number of hydrogen-bond acceptors (Lipinski definition) is 3. The van der Waals surface area contributed by atoms with E-state index in [2.05, 4.69) is 20.8 Å². The molecule has 4 nitrogen and oxygen atoms in total. The number of carbonyl (C=O) groups excluding carboxylic acids is 1. The number of nitrogens with one attached hydrogen (secondary N) is 1. The van der Waals surface area contributed by atoms with Crippen molar-refractivity contribution in [3.05, 3.63) is 0 Å². The van der Waals surface area contributed by atoms with Crippen LogP contribution in [-0.2, 0) is 25.7 Å². The van der Waals surface area contributed by atoms with Crippen LogP contribution in [0, 0.1) is 0 Å². The first kappa shape index (κ1) is 40.5. The summed E-state index contributed by atoms with van der Waals surface area (Å²) in [7, 11) is -5.55. The first-order valence-corrected chi connectivity index (χ1v) is 17.8. The first-order chi connectivity index (χ1) is 18.2. The molecule has 0 rings (SSSR count). The minimum absolute atomic E-state index is 0.181. The van der Waals surface area contributed by atoms with Gasteiger partial charge in [-0.25, -0.2) is 4.72 Å². The number of unbranched alkanes of at least 4 members (excludes halogenated alkanes) is 15. The summed E-state index contributed by atoms with van der Waals surface area (Å²) in [6.07, 6.45) is 20.7. The van der Waals surface area contributed by atoms with Crippen LogP contribution in [0.5, 0.6) is 0 Å². The van der Waals surface area contributed by atoms with Crippen LogP contribution in [0.1, 0.15) is 136 Å².